The lowest BCUT2D eigenvalue weighted by Crippen LogP contribution is -2.12. The van der Waals surface area contributed by atoms with Crippen molar-refractivity contribution in [2.75, 3.05) is 24.3 Å². The largest absolute Gasteiger partial charge is 0.378 e. The molecule has 1 aromatic carbocycles. The number of hydrogen-bond acceptors (Lipinski definition) is 6. The molecule has 0 aliphatic rings. The van der Waals surface area contributed by atoms with Gasteiger partial charge >= 0.3 is 4.87 Å². The smallest absolute Gasteiger partial charge is 0.307 e. The Kier molecular flexibility index (Phi) is 4.85. The van der Waals surface area contributed by atoms with Gasteiger partial charge in [-0.3, -0.25) is 4.79 Å². The highest BCUT2D eigenvalue weighted by Gasteiger charge is 2.13. The van der Waals surface area contributed by atoms with Crippen LogP contribution in [0.15, 0.2) is 41.3 Å². The predicted octanol–water partition coefficient (Wildman–Crippen LogP) is 3.50. The van der Waals surface area contributed by atoms with Gasteiger partial charge in [-0.25, -0.2) is 9.97 Å². The summed E-state index contributed by atoms with van der Waals surface area (Å²) in [5.41, 5.74) is 3.74. The monoisotopic (exact) mass is 355 g/mol. The average Bonchev–Trinajstić information content (AvgIpc) is 2.89. The van der Waals surface area contributed by atoms with E-state index in [2.05, 4.69) is 15.3 Å². The predicted molar refractivity (Wildman–Crippen MR) is 104 cm³/mol. The van der Waals surface area contributed by atoms with Crippen molar-refractivity contribution in [2.45, 2.75) is 20.4 Å². The topological polar surface area (TPSA) is 63.1 Å². The van der Waals surface area contributed by atoms with Crippen LogP contribution in [0, 0.1) is 6.92 Å². The molecule has 0 aliphatic carbocycles. The molecule has 3 aromatic rings. The van der Waals surface area contributed by atoms with Crippen LogP contribution in [0.4, 0.5) is 17.3 Å². The summed E-state index contributed by atoms with van der Waals surface area (Å²) in [5, 5.41) is 3.21. The lowest BCUT2D eigenvalue weighted by atomic mass is 10.2. The zero-order valence-electron chi connectivity index (χ0n) is 14.8. The van der Waals surface area contributed by atoms with Gasteiger partial charge in [0.15, 0.2) is 0 Å². The first-order valence-electron chi connectivity index (χ1n) is 8.07. The van der Waals surface area contributed by atoms with Crippen LogP contribution in [0.1, 0.15) is 12.6 Å². The van der Waals surface area contributed by atoms with Crippen LogP contribution >= 0.6 is 11.3 Å². The van der Waals surface area contributed by atoms with E-state index in [1.165, 1.54) is 11.3 Å². The molecule has 0 bridgehead atoms. The number of anilines is 3. The Morgan fingerprint density at radius 2 is 1.92 bits per heavy atom. The van der Waals surface area contributed by atoms with Gasteiger partial charge in [-0.15, -0.1) is 0 Å². The Morgan fingerprint density at radius 1 is 1.20 bits per heavy atom. The van der Waals surface area contributed by atoms with E-state index in [0.717, 1.165) is 27.6 Å². The molecule has 0 radical (unpaired) electrons. The first kappa shape index (κ1) is 17.2. The van der Waals surface area contributed by atoms with Crippen LogP contribution in [-0.2, 0) is 6.54 Å². The molecule has 0 amide bonds. The summed E-state index contributed by atoms with van der Waals surface area (Å²) in [7, 11) is 4.01. The highest BCUT2D eigenvalue weighted by atomic mass is 32.1. The van der Waals surface area contributed by atoms with Crippen molar-refractivity contribution >= 4 is 28.7 Å². The number of nitrogens with zero attached hydrogens (tertiary/aromatic N) is 4. The maximum absolute atomic E-state index is 12.0. The lowest BCUT2D eigenvalue weighted by molar-refractivity contribution is 0.724. The van der Waals surface area contributed by atoms with E-state index >= 15 is 0 Å². The molecule has 0 saturated carbocycles. The Labute approximate surface area is 150 Å². The van der Waals surface area contributed by atoms with Gasteiger partial charge < -0.3 is 14.8 Å². The first-order valence-corrected chi connectivity index (χ1v) is 8.89. The van der Waals surface area contributed by atoms with Crippen LogP contribution in [0.3, 0.4) is 0 Å². The second-order valence-electron chi connectivity index (χ2n) is 5.86. The Balaban J connectivity index is 1.88. The first-order chi connectivity index (χ1) is 12.0. The molecule has 6 nitrogen and oxygen atoms in total. The molecular weight excluding hydrogens is 334 g/mol. The molecule has 0 atom stereocenters. The summed E-state index contributed by atoms with van der Waals surface area (Å²) in [4.78, 5) is 23.9. The van der Waals surface area contributed by atoms with E-state index in [1.807, 2.05) is 63.2 Å². The van der Waals surface area contributed by atoms with Gasteiger partial charge in [0.2, 0.25) is 5.95 Å². The fourth-order valence-electron chi connectivity index (χ4n) is 2.60. The zero-order chi connectivity index (χ0) is 18.0. The minimum atomic E-state index is 0.0439. The molecule has 0 fully saturated rings. The van der Waals surface area contributed by atoms with Crippen molar-refractivity contribution in [3.63, 3.8) is 0 Å². The van der Waals surface area contributed by atoms with Crippen LogP contribution < -0.4 is 15.1 Å². The fraction of sp³-hybridized carbons (Fsp3) is 0.278. The zero-order valence-corrected chi connectivity index (χ0v) is 15.6. The Hall–Kier alpha value is -2.67. The molecule has 0 spiro atoms. The second-order valence-corrected chi connectivity index (χ2v) is 6.82. The number of hydrogen-bond donors (Lipinski definition) is 1. The third-order valence-electron chi connectivity index (χ3n) is 3.99. The fourth-order valence-corrected chi connectivity index (χ4v) is 3.62. The molecule has 25 heavy (non-hydrogen) atoms. The summed E-state index contributed by atoms with van der Waals surface area (Å²) in [6, 6.07) is 9.87. The van der Waals surface area contributed by atoms with E-state index < -0.39 is 0 Å². The minimum Gasteiger partial charge on any atom is -0.378 e. The van der Waals surface area contributed by atoms with Gasteiger partial charge in [0, 0.05) is 43.9 Å². The highest BCUT2D eigenvalue weighted by Crippen LogP contribution is 2.26. The summed E-state index contributed by atoms with van der Waals surface area (Å²) >= 11 is 1.22. The normalized spacial score (nSPS) is 10.7. The SMILES string of the molecule is CCn1c(C)c(-c2ccnc(Nc3ccc(N(C)C)cc3)n2)sc1=O. The summed E-state index contributed by atoms with van der Waals surface area (Å²) in [6.45, 7) is 4.58. The van der Waals surface area contributed by atoms with Crippen molar-refractivity contribution in [2.24, 2.45) is 0 Å². The van der Waals surface area contributed by atoms with Gasteiger partial charge in [-0.1, -0.05) is 11.3 Å². The molecule has 130 valence electrons. The van der Waals surface area contributed by atoms with Crippen LogP contribution in [0.5, 0.6) is 0 Å². The summed E-state index contributed by atoms with van der Waals surface area (Å²) < 4.78 is 1.76. The molecule has 3 rings (SSSR count). The number of nitrogens with one attached hydrogen (secondary N) is 1. The molecule has 0 aliphatic heterocycles. The van der Waals surface area contributed by atoms with Crippen molar-refractivity contribution in [3.8, 4) is 10.6 Å². The van der Waals surface area contributed by atoms with E-state index in [9.17, 15) is 4.79 Å². The summed E-state index contributed by atoms with van der Waals surface area (Å²) in [6.07, 6.45) is 1.71. The lowest BCUT2D eigenvalue weighted by Gasteiger charge is -2.13. The van der Waals surface area contributed by atoms with Gasteiger partial charge in [-0.2, -0.15) is 0 Å². The van der Waals surface area contributed by atoms with Crippen LogP contribution in [0.25, 0.3) is 10.6 Å². The Morgan fingerprint density at radius 3 is 2.52 bits per heavy atom. The van der Waals surface area contributed by atoms with E-state index in [-0.39, 0.29) is 4.87 Å². The number of benzene rings is 1. The van der Waals surface area contributed by atoms with Crippen LogP contribution in [-0.4, -0.2) is 28.6 Å². The van der Waals surface area contributed by atoms with Gasteiger partial charge in [0.05, 0.1) is 10.6 Å². The van der Waals surface area contributed by atoms with Gasteiger partial charge in [0.1, 0.15) is 0 Å². The van der Waals surface area contributed by atoms with Crippen molar-refractivity contribution < 1.29 is 0 Å². The average molecular weight is 355 g/mol. The molecular formula is C18H21N5OS. The molecule has 0 unspecified atom stereocenters. The van der Waals surface area contributed by atoms with Gasteiger partial charge in [0.25, 0.3) is 0 Å². The third kappa shape index (κ3) is 3.56. The van der Waals surface area contributed by atoms with E-state index in [0.29, 0.717) is 12.5 Å². The number of thiazole rings is 1. The third-order valence-corrected chi connectivity index (χ3v) is 5.09. The van der Waals surface area contributed by atoms with Crippen molar-refractivity contribution in [1.29, 1.82) is 0 Å². The van der Waals surface area contributed by atoms with Crippen LogP contribution in [0.2, 0.25) is 0 Å². The molecule has 0 saturated heterocycles. The van der Waals surface area contributed by atoms with E-state index in [1.54, 1.807) is 10.8 Å². The molecule has 7 heteroatoms. The quantitative estimate of drug-likeness (QED) is 0.759. The van der Waals surface area contributed by atoms with Gasteiger partial charge in [-0.05, 0) is 44.2 Å². The number of aromatic nitrogens is 3. The van der Waals surface area contributed by atoms with E-state index in [4.69, 9.17) is 0 Å². The second kappa shape index (κ2) is 7.06. The Bertz CT molecular complexity index is 927. The summed E-state index contributed by atoms with van der Waals surface area (Å²) in [5.74, 6) is 0.512. The minimum absolute atomic E-state index is 0.0439. The molecule has 2 heterocycles. The standard InChI is InChI=1S/C18H21N5OS/c1-5-23-12(2)16(25-18(23)24)15-10-11-19-17(21-15)20-13-6-8-14(9-7-13)22(3)4/h6-11H,5H2,1-4H3,(H,19,20,21). The van der Waals surface area contributed by atoms with Crippen molar-refractivity contribution in [3.05, 3.63) is 51.9 Å². The van der Waals surface area contributed by atoms with Crippen molar-refractivity contribution in [1.82, 2.24) is 14.5 Å². The number of rotatable bonds is 5. The highest BCUT2D eigenvalue weighted by molar-refractivity contribution is 7.13. The maximum atomic E-state index is 12.0. The molecule has 2 aromatic heterocycles. The maximum Gasteiger partial charge on any atom is 0.307 e. The molecule has 1 N–H and O–H groups in total.